The third-order valence-electron chi connectivity index (χ3n) is 22.6. The highest BCUT2D eigenvalue weighted by Gasteiger charge is 2.66. The van der Waals surface area contributed by atoms with Gasteiger partial charge in [0.15, 0.2) is 0 Å². The minimum atomic E-state index is -1.92. The van der Waals surface area contributed by atoms with Gasteiger partial charge in [0, 0.05) is 50.5 Å². The lowest BCUT2D eigenvalue weighted by Crippen LogP contribution is -2.65. The van der Waals surface area contributed by atoms with Crippen LogP contribution in [0.15, 0.2) is 182 Å². The number of benzene rings is 9. The first-order chi connectivity index (χ1) is 40.9. The quantitative estimate of drug-likeness (QED) is 0.154. The van der Waals surface area contributed by atoms with Gasteiger partial charge >= 0.3 is 0 Å². The zero-order valence-electron chi connectivity index (χ0n) is 53.9. The minimum absolute atomic E-state index is 0.00710. The van der Waals surface area contributed by atoms with E-state index in [9.17, 15) is 0 Å². The van der Waals surface area contributed by atoms with Crippen LogP contribution in [-0.2, 0) is 27.1 Å². The molecule has 2 aliphatic carbocycles. The monoisotopic (exact) mass is 1140 g/mol. The van der Waals surface area contributed by atoms with E-state index in [0.29, 0.717) is 0 Å². The molecule has 15 rings (SSSR count). The molecule has 4 heterocycles. The maximum Gasteiger partial charge on any atom is 0.252 e. The molecule has 434 valence electrons. The van der Waals surface area contributed by atoms with Crippen LogP contribution in [-0.4, -0.2) is 25.9 Å². The molecule has 4 aliphatic heterocycles. The standard InChI is InChI=1S/C81H88BN3Si/c1-75(2,3)58-35-38-68(63(46-58)55-34-33-53-27-21-22-28-54(53)45-55)83-70-40-37-60(77(7,8)9)48-66(70)82-67-52-62(86(12,13)14)51-65-74(67)85(79(11)42-24-26-44-81(65,79)57-31-19-16-20-32-57)72-50-61(49-71(83)73(72)82)84-69-39-36-59(76(4,5)6)47-64(69)80(56-29-17-15-18-30-56)43-25-23-41-78(80,84)10/h15-22,27-40,45-52H,23-26,41-44H2,1-14H3. The molecule has 0 amide bonds. The summed E-state index contributed by atoms with van der Waals surface area (Å²) in [5.41, 5.74) is 25.1. The van der Waals surface area contributed by atoms with E-state index in [4.69, 9.17) is 0 Å². The van der Waals surface area contributed by atoms with Gasteiger partial charge < -0.3 is 14.7 Å². The van der Waals surface area contributed by atoms with E-state index in [1.165, 1.54) is 137 Å². The lowest BCUT2D eigenvalue weighted by molar-refractivity contribution is 0.214. The highest BCUT2D eigenvalue weighted by molar-refractivity contribution is 7.01. The topological polar surface area (TPSA) is 9.72 Å². The third kappa shape index (κ3) is 7.70. The van der Waals surface area contributed by atoms with Crippen molar-refractivity contribution in [2.24, 2.45) is 0 Å². The van der Waals surface area contributed by atoms with Gasteiger partial charge in [-0.25, -0.2) is 0 Å². The van der Waals surface area contributed by atoms with Crippen molar-refractivity contribution < 1.29 is 0 Å². The van der Waals surface area contributed by atoms with Crippen molar-refractivity contribution in [2.45, 2.75) is 185 Å². The van der Waals surface area contributed by atoms with Crippen LogP contribution >= 0.6 is 0 Å². The Bertz CT molecular complexity index is 4250. The van der Waals surface area contributed by atoms with E-state index >= 15 is 0 Å². The summed E-state index contributed by atoms with van der Waals surface area (Å²) in [5, 5.41) is 4.09. The van der Waals surface area contributed by atoms with Gasteiger partial charge in [0.1, 0.15) is 0 Å². The highest BCUT2D eigenvalue weighted by Crippen LogP contribution is 2.68. The summed E-state index contributed by atoms with van der Waals surface area (Å²) >= 11 is 0. The van der Waals surface area contributed by atoms with Crippen LogP contribution in [0.1, 0.15) is 166 Å². The second kappa shape index (κ2) is 18.7. The molecule has 0 N–H and O–H groups in total. The SMILES string of the molecule is CC(C)(C)c1ccc2c(c1)B1c3cc([Si](C)(C)C)cc4c3N(c3cc(N5c6ccc(C(C)(C)C)cc6C6(c7ccccc7)CCCCC56C)cc(c31)N2c1ccc(C(C)(C)C)cc1-c1ccc2ccccc2c1)C1(C)CCCCC41c1ccccc1. The molecule has 3 nitrogen and oxygen atoms in total. The van der Waals surface area contributed by atoms with Gasteiger partial charge in [-0.15, -0.1) is 0 Å². The van der Waals surface area contributed by atoms with Crippen LogP contribution < -0.4 is 36.3 Å². The Kier molecular flexibility index (Phi) is 12.1. The molecule has 4 atom stereocenters. The summed E-state index contributed by atoms with van der Waals surface area (Å²) in [6, 6.07) is 73.6. The van der Waals surface area contributed by atoms with Gasteiger partial charge in [-0.2, -0.15) is 0 Å². The summed E-state index contributed by atoms with van der Waals surface area (Å²) in [7, 11) is -1.92. The summed E-state index contributed by atoms with van der Waals surface area (Å²) < 4.78 is 0. The van der Waals surface area contributed by atoms with Crippen molar-refractivity contribution >= 4 is 86.9 Å². The van der Waals surface area contributed by atoms with Crippen LogP contribution in [0.4, 0.5) is 39.8 Å². The molecule has 0 radical (unpaired) electrons. The summed E-state index contributed by atoms with van der Waals surface area (Å²) in [5.74, 6) is 0. The number of hydrogen-bond donors (Lipinski definition) is 0. The first-order valence-electron chi connectivity index (χ1n) is 32.7. The Labute approximate surface area is 516 Å². The van der Waals surface area contributed by atoms with E-state index in [1.54, 1.807) is 10.8 Å². The Morgan fingerprint density at radius 3 is 1.56 bits per heavy atom. The van der Waals surface area contributed by atoms with Crippen molar-refractivity contribution in [1.82, 2.24) is 0 Å². The largest absolute Gasteiger partial charge is 0.335 e. The van der Waals surface area contributed by atoms with Crippen molar-refractivity contribution in [2.75, 3.05) is 14.7 Å². The fourth-order valence-corrected chi connectivity index (χ4v) is 19.2. The van der Waals surface area contributed by atoms with E-state index < -0.39 is 8.07 Å². The van der Waals surface area contributed by atoms with Crippen molar-refractivity contribution in [3.05, 3.63) is 221 Å². The summed E-state index contributed by atoms with van der Waals surface area (Å²) in [6.45, 7) is 34.6. The maximum atomic E-state index is 3.02. The molecule has 86 heavy (non-hydrogen) atoms. The smallest absolute Gasteiger partial charge is 0.252 e. The van der Waals surface area contributed by atoms with Gasteiger partial charge in [-0.1, -0.05) is 252 Å². The molecule has 0 spiro atoms. The van der Waals surface area contributed by atoms with E-state index in [2.05, 4.69) is 292 Å². The lowest BCUT2D eigenvalue weighted by Gasteiger charge is -2.55. The predicted octanol–water partition coefficient (Wildman–Crippen LogP) is 19.1. The average Bonchev–Trinajstić information content (AvgIpc) is 1.45. The normalized spacial score (nSPS) is 23.0. The minimum Gasteiger partial charge on any atom is -0.335 e. The fraction of sp³-hybridized carbons (Fsp3) is 0.358. The maximum absolute atomic E-state index is 3.02. The molecule has 9 aromatic carbocycles. The molecule has 2 fully saturated rings. The fourth-order valence-electron chi connectivity index (χ4n) is 18.1. The first kappa shape index (κ1) is 55.5. The molecule has 0 aromatic heterocycles. The van der Waals surface area contributed by atoms with Crippen LogP contribution in [0, 0.1) is 0 Å². The van der Waals surface area contributed by atoms with Gasteiger partial charge in [0.2, 0.25) is 0 Å². The van der Waals surface area contributed by atoms with Crippen LogP contribution in [0.25, 0.3) is 21.9 Å². The van der Waals surface area contributed by atoms with Gasteiger partial charge in [0.25, 0.3) is 6.71 Å². The predicted molar refractivity (Wildman–Crippen MR) is 373 cm³/mol. The Hall–Kier alpha value is -7.08. The molecule has 0 bridgehead atoms. The van der Waals surface area contributed by atoms with Gasteiger partial charge in [-0.3, -0.25) is 0 Å². The van der Waals surface area contributed by atoms with Gasteiger partial charge in [-0.05, 0) is 170 Å². The molecule has 0 saturated heterocycles. The van der Waals surface area contributed by atoms with E-state index in [0.717, 1.165) is 25.7 Å². The number of fused-ring (bicyclic) bond motifs is 11. The zero-order valence-corrected chi connectivity index (χ0v) is 54.9. The van der Waals surface area contributed by atoms with Crippen LogP contribution in [0.2, 0.25) is 19.6 Å². The number of hydrogen-bond acceptors (Lipinski definition) is 3. The number of rotatable bonds is 6. The molecule has 5 heteroatoms. The summed E-state index contributed by atoms with van der Waals surface area (Å²) in [4.78, 5) is 8.72. The van der Waals surface area contributed by atoms with Crippen LogP contribution in [0.3, 0.4) is 0 Å². The molecule has 6 aliphatic rings. The number of nitrogens with zero attached hydrogens (tertiary/aromatic N) is 3. The lowest BCUT2D eigenvalue weighted by atomic mass is 9.33. The molecule has 9 aromatic rings. The Balaban J connectivity index is 1.11. The first-order valence-corrected chi connectivity index (χ1v) is 36.2. The number of anilines is 7. The van der Waals surface area contributed by atoms with Crippen molar-refractivity contribution in [1.29, 1.82) is 0 Å². The summed E-state index contributed by atoms with van der Waals surface area (Å²) in [6.07, 6.45) is 9.21. The highest BCUT2D eigenvalue weighted by atomic mass is 28.3. The Morgan fingerprint density at radius 2 is 0.942 bits per heavy atom. The zero-order chi connectivity index (χ0) is 59.9. The molecule has 4 unspecified atom stereocenters. The second-order valence-corrected chi connectivity index (χ2v) is 36.7. The van der Waals surface area contributed by atoms with E-state index in [-0.39, 0.29) is 44.9 Å². The Morgan fingerprint density at radius 1 is 0.419 bits per heavy atom. The third-order valence-corrected chi connectivity index (χ3v) is 24.6. The van der Waals surface area contributed by atoms with Gasteiger partial charge in [0.05, 0.1) is 24.8 Å². The van der Waals surface area contributed by atoms with Crippen LogP contribution in [0.5, 0.6) is 0 Å². The average molecular weight is 1140 g/mol. The molecular weight excluding hydrogens is 1050 g/mol. The van der Waals surface area contributed by atoms with E-state index in [1.807, 2.05) is 0 Å². The molecular formula is C81H88BN3Si. The van der Waals surface area contributed by atoms with Crippen molar-refractivity contribution in [3.8, 4) is 11.1 Å². The second-order valence-electron chi connectivity index (χ2n) is 31.6. The molecule has 2 saturated carbocycles. The van der Waals surface area contributed by atoms with Crippen molar-refractivity contribution in [3.63, 3.8) is 0 Å².